The lowest BCUT2D eigenvalue weighted by Gasteiger charge is -2.15. The van der Waals surface area contributed by atoms with Gasteiger partial charge in [-0.05, 0) is 12.8 Å². The summed E-state index contributed by atoms with van der Waals surface area (Å²) in [5.41, 5.74) is 2.51. The van der Waals surface area contributed by atoms with E-state index < -0.39 is 0 Å². The van der Waals surface area contributed by atoms with E-state index in [1.54, 1.807) is 6.20 Å². The molecule has 0 aliphatic heterocycles. The van der Waals surface area contributed by atoms with E-state index in [-0.39, 0.29) is 6.10 Å². The number of thiazole rings is 1. The first-order valence-electron chi connectivity index (χ1n) is 4.66. The standard InChI is InChI=1S/C9H17N3OS/c1-6(2)7(3)13-5-8-4-11-9(12-10)14-8/h4,6-7H,5,10H2,1-3H3,(H,11,12). The number of nitrogens with one attached hydrogen (secondary N) is 1. The van der Waals surface area contributed by atoms with Crippen molar-refractivity contribution in [3.8, 4) is 0 Å². The quantitative estimate of drug-likeness (QED) is 0.582. The lowest BCUT2D eigenvalue weighted by atomic mass is 10.1. The van der Waals surface area contributed by atoms with Crippen LogP contribution in [0, 0.1) is 5.92 Å². The zero-order chi connectivity index (χ0) is 10.6. The summed E-state index contributed by atoms with van der Waals surface area (Å²) in [6, 6.07) is 0. The van der Waals surface area contributed by atoms with E-state index in [9.17, 15) is 0 Å². The largest absolute Gasteiger partial charge is 0.373 e. The summed E-state index contributed by atoms with van der Waals surface area (Å²) >= 11 is 1.51. The molecule has 1 rings (SSSR count). The predicted molar refractivity (Wildman–Crippen MR) is 59.0 cm³/mol. The molecule has 14 heavy (non-hydrogen) atoms. The molecule has 1 aromatic rings. The normalized spacial score (nSPS) is 13.2. The maximum Gasteiger partial charge on any atom is 0.197 e. The van der Waals surface area contributed by atoms with E-state index in [4.69, 9.17) is 10.6 Å². The van der Waals surface area contributed by atoms with Gasteiger partial charge in [-0.25, -0.2) is 10.8 Å². The SMILES string of the molecule is CC(C)C(C)OCc1cnc(NN)s1. The molecule has 0 aliphatic carbocycles. The van der Waals surface area contributed by atoms with Crippen molar-refractivity contribution in [3.63, 3.8) is 0 Å². The number of hydrazine groups is 1. The summed E-state index contributed by atoms with van der Waals surface area (Å²) in [4.78, 5) is 5.15. The van der Waals surface area contributed by atoms with Gasteiger partial charge in [-0.2, -0.15) is 0 Å². The number of aromatic nitrogens is 1. The highest BCUT2D eigenvalue weighted by atomic mass is 32.1. The van der Waals surface area contributed by atoms with Crippen molar-refractivity contribution < 1.29 is 4.74 Å². The van der Waals surface area contributed by atoms with Crippen LogP contribution in [-0.4, -0.2) is 11.1 Å². The van der Waals surface area contributed by atoms with Crippen LogP contribution in [0.5, 0.6) is 0 Å². The molecule has 4 nitrogen and oxygen atoms in total. The molecule has 3 N–H and O–H groups in total. The zero-order valence-electron chi connectivity index (χ0n) is 8.78. The van der Waals surface area contributed by atoms with E-state index in [2.05, 4.69) is 31.2 Å². The fourth-order valence-corrected chi connectivity index (χ4v) is 1.49. The van der Waals surface area contributed by atoms with Crippen LogP contribution in [-0.2, 0) is 11.3 Å². The Labute approximate surface area is 88.5 Å². The van der Waals surface area contributed by atoms with E-state index >= 15 is 0 Å². The van der Waals surface area contributed by atoms with Gasteiger partial charge in [0.05, 0.1) is 17.6 Å². The second-order valence-corrected chi connectivity index (χ2v) is 4.65. The van der Waals surface area contributed by atoms with Gasteiger partial charge in [0, 0.05) is 6.20 Å². The number of nitrogens with two attached hydrogens (primary N) is 1. The first kappa shape index (κ1) is 11.4. The Morgan fingerprint density at radius 1 is 1.57 bits per heavy atom. The molecular formula is C9H17N3OS. The van der Waals surface area contributed by atoms with Gasteiger partial charge in [0.15, 0.2) is 5.13 Å². The minimum atomic E-state index is 0.270. The number of hydrogen-bond donors (Lipinski definition) is 2. The Hall–Kier alpha value is -0.650. The van der Waals surface area contributed by atoms with Gasteiger partial charge in [-0.15, -0.1) is 0 Å². The van der Waals surface area contributed by atoms with Crippen LogP contribution in [0.1, 0.15) is 25.6 Å². The summed E-state index contributed by atoms with van der Waals surface area (Å²) in [5, 5.41) is 0.723. The Bertz CT molecular complexity index is 275. The van der Waals surface area contributed by atoms with Gasteiger partial charge < -0.3 is 4.74 Å². The average Bonchev–Trinajstić information content (AvgIpc) is 2.61. The molecule has 0 amide bonds. The van der Waals surface area contributed by atoms with Crippen LogP contribution >= 0.6 is 11.3 Å². The summed E-state index contributed by atoms with van der Waals surface area (Å²) in [7, 11) is 0. The summed E-state index contributed by atoms with van der Waals surface area (Å²) in [5.74, 6) is 5.76. The van der Waals surface area contributed by atoms with E-state index in [0.29, 0.717) is 12.5 Å². The minimum absolute atomic E-state index is 0.270. The number of nitrogens with zero attached hydrogens (tertiary/aromatic N) is 1. The van der Waals surface area contributed by atoms with Crippen molar-refractivity contribution in [1.82, 2.24) is 4.98 Å². The molecule has 0 radical (unpaired) electrons. The van der Waals surface area contributed by atoms with Crippen LogP contribution in [0.25, 0.3) is 0 Å². The Morgan fingerprint density at radius 2 is 2.29 bits per heavy atom. The molecule has 5 heteroatoms. The smallest absolute Gasteiger partial charge is 0.197 e. The number of hydrogen-bond acceptors (Lipinski definition) is 5. The second-order valence-electron chi connectivity index (χ2n) is 3.54. The maximum atomic E-state index is 5.65. The van der Waals surface area contributed by atoms with E-state index in [0.717, 1.165) is 10.0 Å². The molecule has 1 unspecified atom stereocenters. The minimum Gasteiger partial charge on any atom is -0.373 e. The first-order chi connectivity index (χ1) is 6.63. The highest BCUT2D eigenvalue weighted by Crippen LogP contribution is 2.19. The number of nitrogen functional groups attached to an aromatic ring is 1. The Morgan fingerprint density at radius 3 is 2.79 bits per heavy atom. The number of rotatable bonds is 5. The van der Waals surface area contributed by atoms with Crippen LogP contribution in [0.2, 0.25) is 0 Å². The summed E-state index contributed by atoms with van der Waals surface area (Å²) in [6.07, 6.45) is 2.05. The third-order valence-electron chi connectivity index (χ3n) is 2.10. The van der Waals surface area contributed by atoms with Gasteiger partial charge in [0.25, 0.3) is 0 Å². The molecule has 1 atom stereocenters. The van der Waals surface area contributed by atoms with Crippen LogP contribution in [0.4, 0.5) is 5.13 Å². The average molecular weight is 215 g/mol. The molecule has 0 saturated carbocycles. The molecule has 80 valence electrons. The molecule has 0 bridgehead atoms. The summed E-state index contributed by atoms with van der Waals surface area (Å²) in [6.45, 7) is 6.97. The van der Waals surface area contributed by atoms with Gasteiger partial charge in [0.1, 0.15) is 0 Å². The number of ether oxygens (including phenoxy) is 1. The van der Waals surface area contributed by atoms with Crippen LogP contribution in [0.15, 0.2) is 6.20 Å². The molecule has 1 aromatic heterocycles. The Kier molecular flexibility index (Phi) is 4.31. The van der Waals surface area contributed by atoms with E-state index in [1.807, 2.05) is 0 Å². The zero-order valence-corrected chi connectivity index (χ0v) is 9.60. The Balaban J connectivity index is 2.37. The molecule has 0 aliphatic rings. The van der Waals surface area contributed by atoms with Crippen molar-refractivity contribution in [1.29, 1.82) is 0 Å². The monoisotopic (exact) mass is 215 g/mol. The molecule has 0 saturated heterocycles. The fourth-order valence-electron chi connectivity index (χ4n) is 0.847. The lowest BCUT2D eigenvalue weighted by molar-refractivity contribution is 0.0248. The fraction of sp³-hybridized carbons (Fsp3) is 0.667. The molecular weight excluding hydrogens is 198 g/mol. The van der Waals surface area contributed by atoms with Gasteiger partial charge in [0.2, 0.25) is 0 Å². The van der Waals surface area contributed by atoms with Gasteiger partial charge in [-0.1, -0.05) is 25.2 Å². The highest BCUT2D eigenvalue weighted by molar-refractivity contribution is 7.15. The maximum absolute atomic E-state index is 5.65. The first-order valence-corrected chi connectivity index (χ1v) is 5.48. The van der Waals surface area contributed by atoms with Crippen molar-refractivity contribution in [3.05, 3.63) is 11.1 Å². The molecule has 0 spiro atoms. The molecule has 0 aromatic carbocycles. The molecule has 1 heterocycles. The van der Waals surface area contributed by atoms with Crippen molar-refractivity contribution in [2.75, 3.05) is 5.43 Å². The summed E-state index contributed by atoms with van der Waals surface area (Å²) < 4.78 is 5.65. The second kappa shape index (κ2) is 5.29. The van der Waals surface area contributed by atoms with E-state index in [1.165, 1.54) is 11.3 Å². The highest BCUT2D eigenvalue weighted by Gasteiger charge is 2.08. The van der Waals surface area contributed by atoms with Gasteiger partial charge >= 0.3 is 0 Å². The topological polar surface area (TPSA) is 60.2 Å². The van der Waals surface area contributed by atoms with Crippen LogP contribution in [0.3, 0.4) is 0 Å². The van der Waals surface area contributed by atoms with Crippen molar-refractivity contribution >= 4 is 16.5 Å². The molecule has 0 fully saturated rings. The van der Waals surface area contributed by atoms with Crippen molar-refractivity contribution in [2.24, 2.45) is 11.8 Å². The van der Waals surface area contributed by atoms with Crippen molar-refractivity contribution in [2.45, 2.75) is 33.5 Å². The lowest BCUT2D eigenvalue weighted by Crippen LogP contribution is -2.14. The van der Waals surface area contributed by atoms with Gasteiger partial charge in [-0.3, -0.25) is 5.43 Å². The third kappa shape index (κ3) is 3.25. The van der Waals surface area contributed by atoms with Crippen LogP contribution < -0.4 is 11.3 Å². The number of anilines is 1. The third-order valence-corrected chi connectivity index (χ3v) is 3.01. The predicted octanol–water partition coefficient (Wildman–Crippen LogP) is 1.99.